The second kappa shape index (κ2) is 7.78. The molecule has 1 saturated carbocycles. The van der Waals surface area contributed by atoms with Crippen molar-refractivity contribution in [3.8, 4) is 0 Å². The molecular weight excluding hydrogens is 350 g/mol. The fraction of sp³-hybridized carbons (Fsp3) is 0.579. The number of hydrogen-bond donors (Lipinski definition) is 2. The van der Waals surface area contributed by atoms with Crippen molar-refractivity contribution in [2.24, 2.45) is 5.92 Å². The lowest BCUT2D eigenvalue weighted by Gasteiger charge is -2.20. The van der Waals surface area contributed by atoms with E-state index in [2.05, 4.69) is 15.3 Å². The van der Waals surface area contributed by atoms with E-state index in [1.807, 2.05) is 38.1 Å². The van der Waals surface area contributed by atoms with Crippen LogP contribution in [0.4, 0.5) is 0 Å². The largest absolute Gasteiger partial charge is 0.346 e. The molecule has 0 aliphatic heterocycles. The molecule has 2 N–H and O–H groups in total. The Morgan fingerprint density at radius 3 is 2.62 bits per heavy atom. The Morgan fingerprint density at radius 1 is 1.27 bits per heavy atom. The number of amides is 1. The van der Waals surface area contributed by atoms with Gasteiger partial charge in [-0.1, -0.05) is 38.8 Å². The molecule has 1 heterocycles. The van der Waals surface area contributed by atoms with Crippen LogP contribution < -0.4 is 5.32 Å². The lowest BCUT2D eigenvalue weighted by Crippen LogP contribution is -2.34. The van der Waals surface area contributed by atoms with Crippen molar-refractivity contribution in [3.63, 3.8) is 0 Å². The number of aromatic amines is 1. The van der Waals surface area contributed by atoms with Crippen LogP contribution in [0.1, 0.15) is 57.8 Å². The number of imidazole rings is 1. The Bertz CT molecular complexity index is 834. The molecule has 1 aliphatic carbocycles. The average Bonchev–Trinajstić information content (AvgIpc) is 3.27. The minimum atomic E-state index is -3.18. The Labute approximate surface area is 154 Å². The van der Waals surface area contributed by atoms with E-state index in [0.29, 0.717) is 5.82 Å². The van der Waals surface area contributed by atoms with E-state index in [-0.39, 0.29) is 35.3 Å². The van der Waals surface area contributed by atoms with Gasteiger partial charge in [-0.15, -0.1) is 0 Å². The Morgan fingerprint density at radius 2 is 1.96 bits per heavy atom. The molecule has 6 nitrogen and oxygen atoms in total. The second-order valence-corrected chi connectivity index (χ2v) is 9.85. The monoisotopic (exact) mass is 377 g/mol. The number of carbonyl (C=O) groups is 1. The Kier molecular flexibility index (Phi) is 5.65. The van der Waals surface area contributed by atoms with Crippen LogP contribution in [0.15, 0.2) is 24.3 Å². The number of para-hydroxylation sites is 2. The quantitative estimate of drug-likeness (QED) is 0.775. The number of benzene rings is 1. The highest BCUT2D eigenvalue weighted by Crippen LogP contribution is 2.26. The van der Waals surface area contributed by atoms with E-state index < -0.39 is 9.84 Å². The van der Waals surface area contributed by atoms with E-state index in [0.717, 1.165) is 36.7 Å². The normalized spacial score (nSPS) is 17.0. The summed E-state index contributed by atoms with van der Waals surface area (Å²) >= 11 is 0. The van der Waals surface area contributed by atoms with Crippen molar-refractivity contribution in [1.82, 2.24) is 15.3 Å². The molecule has 0 spiro atoms. The van der Waals surface area contributed by atoms with Gasteiger partial charge < -0.3 is 10.3 Å². The first-order valence-corrected chi connectivity index (χ1v) is 11.0. The molecule has 2 aromatic rings. The van der Waals surface area contributed by atoms with E-state index in [1.165, 1.54) is 0 Å². The predicted molar refractivity (Wildman–Crippen MR) is 102 cm³/mol. The van der Waals surface area contributed by atoms with E-state index in [9.17, 15) is 13.2 Å². The highest BCUT2D eigenvalue weighted by Gasteiger charge is 2.29. The van der Waals surface area contributed by atoms with Crippen LogP contribution in [-0.4, -0.2) is 35.3 Å². The molecule has 1 fully saturated rings. The van der Waals surface area contributed by atoms with Crippen molar-refractivity contribution < 1.29 is 13.2 Å². The maximum Gasteiger partial charge on any atom is 0.221 e. The average molecular weight is 378 g/mol. The molecule has 1 amide bonds. The van der Waals surface area contributed by atoms with Gasteiger partial charge in [-0.3, -0.25) is 4.79 Å². The molecule has 0 bridgehead atoms. The highest BCUT2D eigenvalue weighted by molar-refractivity contribution is 7.92. The van der Waals surface area contributed by atoms with Crippen molar-refractivity contribution in [2.45, 2.75) is 57.2 Å². The lowest BCUT2D eigenvalue weighted by atomic mass is 10.0. The van der Waals surface area contributed by atoms with Crippen molar-refractivity contribution in [1.29, 1.82) is 0 Å². The van der Waals surface area contributed by atoms with Crippen LogP contribution in [0, 0.1) is 5.92 Å². The maximum absolute atomic E-state index is 12.4. The molecule has 1 aromatic heterocycles. The third kappa shape index (κ3) is 4.26. The summed E-state index contributed by atoms with van der Waals surface area (Å²) in [6.07, 6.45) is 3.41. The molecule has 1 aliphatic rings. The van der Waals surface area contributed by atoms with Crippen molar-refractivity contribution in [3.05, 3.63) is 30.1 Å². The van der Waals surface area contributed by atoms with Gasteiger partial charge in [-0.25, -0.2) is 13.4 Å². The summed E-state index contributed by atoms with van der Waals surface area (Å²) in [6.45, 7) is 4.01. The smallest absolute Gasteiger partial charge is 0.221 e. The highest BCUT2D eigenvalue weighted by atomic mass is 32.2. The fourth-order valence-corrected chi connectivity index (χ4v) is 5.42. The van der Waals surface area contributed by atoms with E-state index in [4.69, 9.17) is 0 Å². The summed E-state index contributed by atoms with van der Waals surface area (Å²) in [5.74, 6) is 0.513. The molecule has 7 heteroatoms. The van der Waals surface area contributed by atoms with Crippen molar-refractivity contribution in [2.75, 3.05) is 5.75 Å². The van der Waals surface area contributed by atoms with Crippen LogP contribution in [0.25, 0.3) is 11.0 Å². The summed E-state index contributed by atoms with van der Waals surface area (Å²) in [5, 5.41) is 2.70. The summed E-state index contributed by atoms with van der Waals surface area (Å²) in [4.78, 5) is 20.2. The molecule has 0 radical (unpaired) electrons. The number of fused-ring (bicyclic) bond motifs is 1. The van der Waals surface area contributed by atoms with E-state index in [1.54, 1.807) is 0 Å². The Hall–Kier alpha value is -1.89. The zero-order valence-electron chi connectivity index (χ0n) is 15.4. The van der Waals surface area contributed by atoms with Gasteiger partial charge in [0.2, 0.25) is 5.91 Å². The van der Waals surface area contributed by atoms with Crippen LogP contribution in [0.3, 0.4) is 0 Å². The third-order valence-electron chi connectivity index (χ3n) is 5.11. The predicted octanol–water partition coefficient (Wildman–Crippen LogP) is 3.12. The van der Waals surface area contributed by atoms with Crippen LogP contribution in [0.2, 0.25) is 0 Å². The number of aromatic nitrogens is 2. The molecule has 26 heavy (non-hydrogen) atoms. The number of hydrogen-bond acceptors (Lipinski definition) is 4. The number of H-pyrrole nitrogens is 1. The molecule has 142 valence electrons. The van der Waals surface area contributed by atoms with Gasteiger partial charge in [0, 0.05) is 6.42 Å². The molecule has 1 unspecified atom stereocenters. The summed E-state index contributed by atoms with van der Waals surface area (Å²) in [7, 11) is -3.18. The first kappa shape index (κ1) is 18.9. The minimum absolute atomic E-state index is 0.00226. The van der Waals surface area contributed by atoms with Gasteiger partial charge in [-0.05, 0) is 30.9 Å². The van der Waals surface area contributed by atoms with Gasteiger partial charge in [0.25, 0.3) is 0 Å². The molecule has 1 atom stereocenters. The zero-order chi connectivity index (χ0) is 18.7. The SMILES string of the molecule is CC(C)C(NC(=O)CCS(=O)(=O)C1CCCC1)c1nc2ccccc2[nH]1. The van der Waals surface area contributed by atoms with Crippen LogP contribution >= 0.6 is 0 Å². The first-order valence-electron chi connectivity index (χ1n) is 9.32. The zero-order valence-corrected chi connectivity index (χ0v) is 16.2. The van der Waals surface area contributed by atoms with Gasteiger partial charge in [0.1, 0.15) is 5.82 Å². The maximum atomic E-state index is 12.4. The van der Waals surface area contributed by atoms with Gasteiger partial charge in [0.15, 0.2) is 9.84 Å². The lowest BCUT2D eigenvalue weighted by molar-refractivity contribution is -0.121. The Balaban J connectivity index is 1.65. The first-order chi connectivity index (χ1) is 12.4. The number of sulfone groups is 1. The summed E-state index contributed by atoms with van der Waals surface area (Å²) in [5.41, 5.74) is 1.78. The van der Waals surface area contributed by atoms with Crippen molar-refractivity contribution >= 4 is 26.8 Å². The fourth-order valence-electron chi connectivity index (χ4n) is 3.57. The van der Waals surface area contributed by atoms with Gasteiger partial charge in [0.05, 0.1) is 28.1 Å². The molecular formula is C19H27N3O3S. The standard InChI is InChI=1S/C19H27N3O3S/c1-13(2)18(19-20-15-9-5-6-10-16(15)21-19)22-17(23)11-12-26(24,25)14-7-3-4-8-14/h5-6,9-10,13-14,18H,3-4,7-8,11-12H2,1-2H3,(H,20,21)(H,22,23). The summed E-state index contributed by atoms with van der Waals surface area (Å²) < 4.78 is 24.7. The van der Waals surface area contributed by atoms with Gasteiger partial charge in [-0.2, -0.15) is 0 Å². The number of nitrogens with zero attached hydrogens (tertiary/aromatic N) is 1. The van der Waals surface area contributed by atoms with Crippen LogP contribution in [-0.2, 0) is 14.6 Å². The van der Waals surface area contributed by atoms with Gasteiger partial charge >= 0.3 is 0 Å². The topological polar surface area (TPSA) is 91.9 Å². The number of rotatable bonds is 7. The van der Waals surface area contributed by atoms with Crippen LogP contribution in [0.5, 0.6) is 0 Å². The molecule has 1 aromatic carbocycles. The minimum Gasteiger partial charge on any atom is -0.346 e. The molecule has 3 rings (SSSR count). The third-order valence-corrected chi connectivity index (χ3v) is 7.37. The number of nitrogens with one attached hydrogen (secondary N) is 2. The molecule has 0 saturated heterocycles. The van der Waals surface area contributed by atoms with E-state index >= 15 is 0 Å². The summed E-state index contributed by atoms with van der Waals surface area (Å²) in [6, 6.07) is 7.44. The number of carbonyl (C=O) groups excluding carboxylic acids is 1. The second-order valence-electron chi connectivity index (χ2n) is 7.45.